The van der Waals surface area contributed by atoms with E-state index < -0.39 is 24.4 Å². The molecule has 0 unspecified atom stereocenters. The van der Waals surface area contributed by atoms with Crippen LogP contribution in [0.4, 0.5) is 24.5 Å². The number of aromatic nitrogens is 2. The van der Waals surface area contributed by atoms with Crippen molar-refractivity contribution in [1.29, 1.82) is 0 Å². The summed E-state index contributed by atoms with van der Waals surface area (Å²) in [5.74, 6) is -0.183. The third kappa shape index (κ3) is 5.94. The van der Waals surface area contributed by atoms with Crippen LogP contribution in [-0.2, 0) is 4.74 Å². The van der Waals surface area contributed by atoms with E-state index in [1.54, 1.807) is 36.7 Å². The number of H-pyrrole nitrogens is 1. The molecule has 3 N–H and O–H groups in total. The van der Waals surface area contributed by atoms with Crippen molar-refractivity contribution in [2.75, 3.05) is 32.2 Å². The van der Waals surface area contributed by atoms with Gasteiger partial charge in [-0.3, -0.25) is 9.78 Å². The lowest BCUT2D eigenvalue weighted by Crippen LogP contribution is -2.35. The highest BCUT2D eigenvalue weighted by Gasteiger charge is 2.36. The number of nitrogens with zero attached hydrogens (tertiary/aromatic N) is 1. The van der Waals surface area contributed by atoms with Crippen LogP contribution in [0.3, 0.4) is 0 Å². The van der Waals surface area contributed by atoms with Gasteiger partial charge >= 0.3 is 6.18 Å². The predicted molar refractivity (Wildman–Crippen MR) is 140 cm³/mol. The molecule has 0 saturated carbocycles. The molecule has 8 nitrogen and oxygen atoms in total. The van der Waals surface area contributed by atoms with Gasteiger partial charge in [0, 0.05) is 42.9 Å². The molecule has 4 heterocycles. The van der Waals surface area contributed by atoms with Crippen LogP contribution >= 0.6 is 11.6 Å². The largest absolute Gasteiger partial charge is 0.493 e. The van der Waals surface area contributed by atoms with Gasteiger partial charge in [0.1, 0.15) is 12.4 Å². The van der Waals surface area contributed by atoms with Gasteiger partial charge in [-0.1, -0.05) is 17.7 Å². The molecular formula is C27H28ClF3N4O4. The predicted octanol–water partition coefficient (Wildman–Crippen LogP) is 6.21. The van der Waals surface area contributed by atoms with E-state index in [0.717, 1.165) is 12.8 Å². The molecule has 2 atom stereocenters. The Hall–Kier alpha value is -3.44. The fraction of sp³-hybridized carbons (Fsp3) is 0.407. The molecule has 2 aliphatic rings. The molecule has 2 aliphatic heterocycles. The van der Waals surface area contributed by atoms with Crippen molar-refractivity contribution in [2.45, 2.75) is 43.9 Å². The molecule has 2 aromatic heterocycles. The van der Waals surface area contributed by atoms with Gasteiger partial charge in [-0.25, -0.2) is 0 Å². The monoisotopic (exact) mass is 564 g/mol. The molecule has 0 aliphatic carbocycles. The molecule has 39 heavy (non-hydrogen) atoms. The minimum Gasteiger partial charge on any atom is -0.493 e. The quantitative estimate of drug-likeness (QED) is 0.286. The van der Waals surface area contributed by atoms with Crippen molar-refractivity contribution in [3.05, 3.63) is 52.9 Å². The van der Waals surface area contributed by atoms with Gasteiger partial charge in [0.25, 0.3) is 5.91 Å². The minimum absolute atomic E-state index is 0.0410. The maximum Gasteiger partial charge on any atom is 0.389 e. The van der Waals surface area contributed by atoms with Gasteiger partial charge in [0.05, 0.1) is 47.1 Å². The highest BCUT2D eigenvalue weighted by atomic mass is 35.5. The summed E-state index contributed by atoms with van der Waals surface area (Å²) in [6.45, 7) is 1.08. The Morgan fingerprint density at radius 3 is 2.87 bits per heavy atom. The van der Waals surface area contributed by atoms with Gasteiger partial charge in [0.15, 0.2) is 5.75 Å². The SMILES string of the molecule is COc1c(Cl)cccc1Nc1c(-c2ccncc2OC[C@@H]2CCCO2)[nH]c2c1C(=O)NC[C@@H]2CCC(F)(F)F. The van der Waals surface area contributed by atoms with Gasteiger partial charge in [0.2, 0.25) is 0 Å². The summed E-state index contributed by atoms with van der Waals surface area (Å²) < 4.78 is 56.6. The Morgan fingerprint density at radius 2 is 2.13 bits per heavy atom. The molecule has 1 amide bonds. The van der Waals surface area contributed by atoms with Crippen LogP contribution in [0.5, 0.6) is 11.5 Å². The van der Waals surface area contributed by atoms with E-state index in [-0.39, 0.29) is 24.6 Å². The molecule has 5 rings (SSSR count). The number of aromatic amines is 1. The van der Waals surface area contributed by atoms with Crippen LogP contribution in [0, 0.1) is 0 Å². The van der Waals surface area contributed by atoms with Gasteiger partial charge in [-0.2, -0.15) is 13.2 Å². The summed E-state index contributed by atoms with van der Waals surface area (Å²) in [4.78, 5) is 20.7. The van der Waals surface area contributed by atoms with E-state index in [1.165, 1.54) is 7.11 Å². The minimum atomic E-state index is -4.32. The average Bonchev–Trinajstić information content (AvgIpc) is 3.56. The average molecular weight is 565 g/mol. The third-order valence-corrected chi connectivity index (χ3v) is 7.18. The lowest BCUT2D eigenvalue weighted by Gasteiger charge is -2.24. The number of halogens is 4. The second-order valence-corrected chi connectivity index (χ2v) is 9.90. The first-order valence-corrected chi connectivity index (χ1v) is 13.0. The fourth-order valence-electron chi connectivity index (χ4n) is 4.99. The summed E-state index contributed by atoms with van der Waals surface area (Å²) in [6.07, 6.45) is -0.530. The first kappa shape index (κ1) is 27.1. The number of hydrogen-bond donors (Lipinski definition) is 3. The number of alkyl halides is 3. The van der Waals surface area contributed by atoms with Gasteiger partial charge in [-0.05, 0) is 37.5 Å². The van der Waals surface area contributed by atoms with Crippen molar-refractivity contribution < 1.29 is 32.2 Å². The molecule has 208 valence electrons. The summed E-state index contributed by atoms with van der Waals surface area (Å²) in [5.41, 5.74) is 2.56. The zero-order valence-electron chi connectivity index (χ0n) is 21.2. The van der Waals surface area contributed by atoms with Crippen molar-refractivity contribution >= 4 is 28.9 Å². The van der Waals surface area contributed by atoms with Crippen molar-refractivity contribution in [2.24, 2.45) is 0 Å². The highest BCUT2D eigenvalue weighted by Crippen LogP contribution is 2.45. The fourth-order valence-corrected chi connectivity index (χ4v) is 5.24. The number of ether oxygens (including phenoxy) is 3. The van der Waals surface area contributed by atoms with Gasteiger partial charge < -0.3 is 29.8 Å². The summed E-state index contributed by atoms with van der Waals surface area (Å²) in [6, 6.07) is 6.85. The van der Waals surface area contributed by atoms with Crippen molar-refractivity contribution in [3.63, 3.8) is 0 Å². The molecule has 1 saturated heterocycles. The van der Waals surface area contributed by atoms with Crippen LogP contribution < -0.4 is 20.1 Å². The van der Waals surface area contributed by atoms with Crippen LogP contribution in [0.1, 0.15) is 47.7 Å². The Morgan fingerprint density at radius 1 is 1.28 bits per heavy atom. The van der Waals surface area contributed by atoms with E-state index in [2.05, 4.69) is 20.6 Å². The molecule has 1 fully saturated rings. The lowest BCUT2D eigenvalue weighted by molar-refractivity contribution is -0.136. The Labute approximate surface area is 228 Å². The topological polar surface area (TPSA) is 97.5 Å². The molecule has 0 radical (unpaired) electrons. The van der Waals surface area contributed by atoms with E-state index in [9.17, 15) is 18.0 Å². The number of nitrogens with one attached hydrogen (secondary N) is 3. The second kappa shape index (κ2) is 11.4. The third-order valence-electron chi connectivity index (χ3n) is 6.88. The number of carbonyl (C=O) groups is 1. The number of methoxy groups -OCH3 is 1. The number of rotatable bonds is 9. The molecule has 3 aromatic rings. The first-order chi connectivity index (χ1) is 18.7. The maximum absolute atomic E-state index is 13.2. The normalized spacial score (nSPS) is 18.9. The Kier molecular flexibility index (Phi) is 7.90. The van der Waals surface area contributed by atoms with Crippen LogP contribution in [0.15, 0.2) is 36.7 Å². The Bertz CT molecular complexity index is 1340. The Balaban J connectivity index is 1.60. The number of benzene rings is 1. The first-order valence-electron chi connectivity index (χ1n) is 12.6. The molecule has 0 spiro atoms. The van der Waals surface area contributed by atoms with E-state index >= 15 is 0 Å². The number of fused-ring (bicyclic) bond motifs is 1. The van der Waals surface area contributed by atoms with E-state index in [0.29, 0.717) is 58.1 Å². The number of amides is 1. The summed E-state index contributed by atoms with van der Waals surface area (Å²) in [5, 5.41) is 6.36. The number of pyridine rings is 1. The highest BCUT2D eigenvalue weighted by molar-refractivity contribution is 6.32. The zero-order valence-corrected chi connectivity index (χ0v) is 21.9. The zero-order chi connectivity index (χ0) is 27.6. The number of hydrogen-bond acceptors (Lipinski definition) is 6. The van der Waals surface area contributed by atoms with Crippen LogP contribution in [-0.4, -0.2) is 55.0 Å². The van der Waals surface area contributed by atoms with Crippen LogP contribution in [0.25, 0.3) is 11.3 Å². The molecule has 1 aromatic carbocycles. The standard InChI is InChI=1S/C27H28ClF3N4O4/c1-37-25-18(28)5-2-6-19(25)34-24-21-22(15(12-33-26(21)36)7-9-27(29,30)31)35-23(24)17-8-10-32-13-20(17)39-14-16-4-3-11-38-16/h2,5-6,8,10,13,15-16,34-35H,3-4,7,9,11-12,14H2,1H3,(H,33,36)/t15-,16-/m0/s1. The molecule has 0 bridgehead atoms. The smallest absolute Gasteiger partial charge is 0.389 e. The van der Waals surface area contributed by atoms with Crippen LogP contribution in [0.2, 0.25) is 5.02 Å². The van der Waals surface area contributed by atoms with Crippen molar-refractivity contribution in [3.8, 4) is 22.8 Å². The molecule has 12 heteroatoms. The number of carbonyl (C=O) groups excluding carboxylic acids is 1. The van der Waals surface area contributed by atoms with E-state index in [4.69, 9.17) is 25.8 Å². The lowest BCUT2D eigenvalue weighted by atomic mass is 9.92. The van der Waals surface area contributed by atoms with Crippen molar-refractivity contribution in [1.82, 2.24) is 15.3 Å². The summed E-state index contributed by atoms with van der Waals surface area (Å²) in [7, 11) is 1.47. The number of para-hydroxylation sites is 1. The maximum atomic E-state index is 13.2. The van der Waals surface area contributed by atoms with E-state index in [1.807, 2.05) is 0 Å². The molecular weight excluding hydrogens is 537 g/mol. The number of anilines is 2. The van der Waals surface area contributed by atoms with Gasteiger partial charge in [-0.15, -0.1) is 0 Å². The summed E-state index contributed by atoms with van der Waals surface area (Å²) >= 11 is 6.34. The second-order valence-electron chi connectivity index (χ2n) is 9.49.